The van der Waals surface area contributed by atoms with Crippen LogP contribution in [0.15, 0.2) is 6.07 Å². The van der Waals surface area contributed by atoms with Gasteiger partial charge >= 0.3 is 5.97 Å². The van der Waals surface area contributed by atoms with Crippen LogP contribution in [0, 0.1) is 23.3 Å². The number of carbonyl (C=O) groups is 1. The Kier molecular flexibility index (Phi) is 4.94. The molecule has 0 fully saturated rings. The first-order valence-corrected chi connectivity index (χ1v) is 5.11. The molecule has 3 nitrogen and oxygen atoms in total. The van der Waals surface area contributed by atoms with Crippen molar-refractivity contribution in [2.45, 2.75) is 12.8 Å². The van der Waals surface area contributed by atoms with Crippen LogP contribution in [0.1, 0.15) is 12.8 Å². The molecule has 0 aliphatic carbocycles. The van der Waals surface area contributed by atoms with Crippen molar-refractivity contribution in [3.63, 3.8) is 0 Å². The van der Waals surface area contributed by atoms with Crippen LogP contribution in [0.4, 0.5) is 23.2 Å². The lowest BCUT2D eigenvalue weighted by Gasteiger charge is -2.09. The second kappa shape index (κ2) is 6.23. The third-order valence-electron chi connectivity index (χ3n) is 2.20. The molecule has 0 spiro atoms. The van der Waals surface area contributed by atoms with Crippen LogP contribution in [0.3, 0.4) is 0 Å². The van der Waals surface area contributed by atoms with Crippen molar-refractivity contribution in [3.8, 4) is 0 Å². The summed E-state index contributed by atoms with van der Waals surface area (Å²) in [5.74, 6) is -6.43. The summed E-state index contributed by atoms with van der Waals surface area (Å²) in [4.78, 5) is 10.7. The maximum atomic E-state index is 13.2. The van der Waals surface area contributed by atoms with E-state index < -0.39 is 34.9 Å². The number of anilines is 1. The van der Waals surface area contributed by atoms with Gasteiger partial charge in [0.2, 0.25) is 0 Å². The lowest BCUT2D eigenvalue weighted by molar-refractivity contribution is -0.140. The summed E-state index contributed by atoms with van der Waals surface area (Å²) in [6.45, 7) is -0.0220. The molecule has 0 aromatic heterocycles. The van der Waals surface area contributed by atoms with Crippen LogP contribution in [0.25, 0.3) is 0 Å². The van der Waals surface area contributed by atoms with E-state index in [1.54, 1.807) is 0 Å². The third kappa shape index (κ3) is 3.35. The molecule has 7 heteroatoms. The lowest BCUT2D eigenvalue weighted by atomic mass is 10.2. The van der Waals surface area contributed by atoms with Crippen molar-refractivity contribution < 1.29 is 27.1 Å². The number of benzene rings is 1. The largest absolute Gasteiger partial charge is 0.469 e. The molecule has 18 heavy (non-hydrogen) atoms. The molecule has 0 amide bonds. The number of ether oxygens (including phenoxy) is 1. The van der Waals surface area contributed by atoms with Crippen molar-refractivity contribution in [1.29, 1.82) is 0 Å². The van der Waals surface area contributed by atoms with E-state index in [2.05, 4.69) is 10.1 Å². The Morgan fingerprint density at radius 3 is 2.28 bits per heavy atom. The highest BCUT2D eigenvalue weighted by Crippen LogP contribution is 2.23. The number of methoxy groups -OCH3 is 1. The predicted octanol–water partition coefficient (Wildman–Crippen LogP) is 2.61. The Bertz CT molecular complexity index is 425. The highest BCUT2D eigenvalue weighted by molar-refractivity contribution is 5.69. The Labute approximate surface area is 101 Å². The fourth-order valence-corrected chi connectivity index (χ4v) is 1.28. The van der Waals surface area contributed by atoms with Gasteiger partial charge in [0.25, 0.3) is 0 Å². The standard InChI is InChI=1S/C11H11F4NO2/c1-18-8(17)3-2-4-16-11-9(14)6(12)5-7(13)10(11)15/h5,16H,2-4H2,1H3. The summed E-state index contributed by atoms with van der Waals surface area (Å²) in [6, 6.07) is 0.129. The van der Waals surface area contributed by atoms with Gasteiger partial charge in [-0.25, -0.2) is 17.6 Å². The molecule has 0 bridgehead atoms. The topological polar surface area (TPSA) is 38.3 Å². The molecular formula is C11H11F4NO2. The molecular weight excluding hydrogens is 254 g/mol. The molecule has 100 valence electrons. The summed E-state index contributed by atoms with van der Waals surface area (Å²) in [5.41, 5.74) is -0.877. The zero-order valence-electron chi connectivity index (χ0n) is 9.53. The highest BCUT2D eigenvalue weighted by atomic mass is 19.2. The minimum Gasteiger partial charge on any atom is -0.469 e. The first kappa shape index (κ1) is 14.3. The van der Waals surface area contributed by atoms with E-state index >= 15 is 0 Å². The van der Waals surface area contributed by atoms with Crippen molar-refractivity contribution in [2.24, 2.45) is 0 Å². The number of esters is 1. The number of hydrogen-bond acceptors (Lipinski definition) is 3. The summed E-state index contributed by atoms with van der Waals surface area (Å²) >= 11 is 0. The molecule has 0 heterocycles. The number of rotatable bonds is 5. The zero-order chi connectivity index (χ0) is 13.7. The van der Waals surface area contributed by atoms with Crippen molar-refractivity contribution in [2.75, 3.05) is 19.0 Å². The number of halogens is 4. The van der Waals surface area contributed by atoms with E-state index in [4.69, 9.17) is 0 Å². The highest BCUT2D eigenvalue weighted by Gasteiger charge is 2.18. The molecule has 1 aromatic carbocycles. The molecule has 0 atom stereocenters. The predicted molar refractivity (Wildman–Crippen MR) is 56.0 cm³/mol. The van der Waals surface area contributed by atoms with Gasteiger partial charge < -0.3 is 10.1 Å². The summed E-state index contributed by atoms with van der Waals surface area (Å²) in [7, 11) is 1.21. The van der Waals surface area contributed by atoms with Crippen LogP contribution >= 0.6 is 0 Å². The smallest absolute Gasteiger partial charge is 0.305 e. The van der Waals surface area contributed by atoms with Crippen LogP contribution in [-0.4, -0.2) is 19.6 Å². The number of carbonyl (C=O) groups excluding carboxylic acids is 1. The monoisotopic (exact) mass is 265 g/mol. The van der Waals surface area contributed by atoms with Gasteiger partial charge in [0.15, 0.2) is 23.3 Å². The van der Waals surface area contributed by atoms with Crippen molar-refractivity contribution >= 4 is 11.7 Å². The van der Waals surface area contributed by atoms with Crippen molar-refractivity contribution in [1.82, 2.24) is 0 Å². The quantitative estimate of drug-likeness (QED) is 0.385. The molecule has 0 aliphatic heterocycles. The maximum Gasteiger partial charge on any atom is 0.305 e. The van der Waals surface area contributed by atoms with Crippen LogP contribution in [0.5, 0.6) is 0 Å². The van der Waals surface area contributed by atoms with E-state index in [-0.39, 0.29) is 25.5 Å². The number of nitrogens with one attached hydrogen (secondary N) is 1. The van der Waals surface area contributed by atoms with Gasteiger partial charge in [-0.15, -0.1) is 0 Å². The molecule has 1 rings (SSSR count). The van der Waals surface area contributed by atoms with E-state index in [0.29, 0.717) is 0 Å². The maximum absolute atomic E-state index is 13.2. The van der Waals surface area contributed by atoms with Crippen molar-refractivity contribution in [3.05, 3.63) is 29.3 Å². The minimum atomic E-state index is -1.49. The third-order valence-corrected chi connectivity index (χ3v) is 2.20. The van der Waals surface area contributed by atoms with Crippen LogP contribution < -0.4 is 5.32 Å². The minimum absolute atomic E-state index is 0.0220. The Morgan fingerprint density at radius 1 is 1.22 bits per heavy atom. The zero-order valence-corrected chi connectivity index (χ0v) is 9.53. The van der Waals surface area contributed by atoms with E-state index in [0.717, 1.165) is 0 Å². The normalized spacial score (nSPS) is 10.3. The molecule has 1 N–H and O–H groups in total. The fraction of sp³-hybridized carbons (Fsp3) is 0.364. The van der Waals surface area contributed by atoms with Gasteiger partial charge in [-0.2, -0.15) is 0 Å². The van der Waals surface area contributed by atoms with Gasteiger partial charge in [0.05, 0.1) is 7.11 Å². The average molecular weight is 265 g/mol. The molecule has 0 saturated heterocycles. The van der Waals surface area contributed by atoms with Gasteiger partial charge in [-0.05, 0) is 6.42 Å². The van der Waals surface area contributed by atoms with E-state index in [1.165, 1.54) is 7.11 Å². The van der Waals surface area contributed by atoms with Gasteiger partial charge in [0.1, 0.15) is 5.69 Å². The van der Waals surface area contributed by atoms with Gasteiger partial charge in [-0.1, -0.05) is 0 Å². The van der Waals surface area contributed by atoms with E-state index in [9.17, 15) is 22.4 Å². The van der Waals surface area contributed by atoms with E-state index in [1.807, 2.05) is 0 Å². The molecule has 0 unspecified atom stereocenters. The molecule has 0 saturated carbocycles. The second-order valence-corrected chi connectivity index (χ2v) is 3.45. The van der Waals surface area contributed by atoms with Gasteiger partial charge in [0, 0.05) is 19.0 Å². The first-order chi connectivity index (χ1) is 8.47. The van der Waals surface area contributed by atoms with Crippen LogP contribution in [0.2, 0.25) is 0 Å². The number of hydrogen-bond donors (Lipinski definition) is 1. The molecule has 0 radical (unpaired) electrons. The second-order valence-electron chi connectivity index (χ2n) is 3.45. The summed E-state index contributed by atoms with van der Waals surface area (Å²) in [6.07, 6.45) is 0.244. The summed E-state index contributed by atoms with van der Waals surface area (Å²) < 4.78 is 56.3. The lowest BCUT2D eigenvalue weighted by Crippen LogP contribution is -2.10. The Morgan fingerprint density at radius 2 is 1.78 bits per heavy atom. The SMILES string of the molecule is COC(=O)CCCNc1c(F)c(F)cc(F)c1F. The Balaban J connectivity index is 2.65. The molecule has 0 aliphatic rings. The first-order valence-electron chi connectivity index (χ1n) is 5.11. The Hall–Kier alpha value is -1.79. The molecule has 1 aromatic rings. The van der Waals surface area contributed by atoms with Gasteiger partial charge in [-0.3, -0.25) is 4.79 Å². The summed E-state index contributed by atoms with van der Waals surface area (Å²) in [5, 5.41) is 2.20. The van der Waals surface area contributed by atoms with Crippen LogP contribution in [-0.2, 0) is 9.53 Å². The fourth-order valence-electron chi connectivity index (χ4n) is 1.28. The average Bonchev–Trinajstić information content (AvgIpc) is 2.35.